The summed E-state index contributed by atoms with van der Waals surface area (Å²) in [5.74, 6) is -111. The van der Waals surface area contributed by atoms with Gasteiger partial charge in [0.05, 0.1) is 0 Å². The van der Waals surface area contributed by atoms with Crippen molar-refractivity contribution in [2.45, 2.75) is 105 Å². The molecule has 0 bridgehead atoms. The summed E-state index contributed by atoms with van der Waals surface area (Å²) in [4.78, 5) is 0. The smallest absolute Gasteiger partial charge is 0.396 e. The third-order valence-electron chi connectivity index (χ3n) is 7.76. The van der Waals surface area contributed by atoms with Gasteiger partial charge >= 0.3 is 108 Å². The van der Waals surface area contributed by atoms with Crippen LogP contribution in [0.2, 0.25) is 0 Å². The quantitative estimate of drug-likeness (QED) is 0.0799. The molecule has 0 fully saturated rings. The summed E-state index contributed by atoms with van der Waals surface area (Å²) in [5.41, 5.74) is -20.4. The van der Waals surface area contributed by atoms with Crippen LogP contribution in [0.15, 0.2) is 0 Å². The van der Waals surface area contributed by atoms with E-state index < -0.39 is 132 Å². The van der Waals surface area contributed by atoms with Gasteiger partial charge in [0.15, 0.2) is 5.60 Å². The first-order valence-corrected chi connectivity index (χ1v) is 15.8. The molecule has 3 unspecified atom stereocenters. The van der Waals surface area contributed by atoms with Crippen LogP contribution in [0.4, 0.5) is 140 Å². The molecule has 0 spiro atoms. The lowest BCUT2D eigenvalue weighted by molar-refractivity contribution is -0.473. The van der Waals surface area contributed by atoms with E-state index in [1.165, 1.54) is 0 Å². The zero-order valence-electron chi connectivity index (χ0n) is 26.2. The molecule has 0 amide bonds. The lowest BCUT2D eigenvalue weighted by Crippen LogP contribution is -2.89. The summed E-state index contributed by atoms with van der Waals surface area (Å²) in [5, 5.41) is -0.895. The van der Waals surface area contributed by atoms with Gasteiger partial charge in [0.25, 0.3) is 5.67 Å². The highest BCUT2D eigenvalue weighted by Crippen LogP contribution is 2.72. The van der Waals surface area contributed by atoms with Crippen molar-refractivity contribution < 1.29 is 177 Å². The summed E-state index contributed by atoms with van der Waals surface area (Å²) in [6, 6.07) is 0. The third-order valence-corrected chi connectivity index (χ3v) is 9.97. The predicted octanol–water partition coefficient (Wildman–Crippen LogP) is 7.96. The Balaban J connectivity index is 9.80. The predicted molar refractivity (Wildman–Crippen MR) is 119 cm³/mol. The minimum Gasteiger partial charge on any atom is -0.396 e. The molecule has 4 N–H and O–H groups in total. The average molecular weight is 1040 g/mol. The van der Waals surface area contributed by atoms with E-state index in [1.807, 2.05) is 0 Å². The molecule has 42 heteroatoms. The molecule has 0 saturated heterocycles. The summed E-state index contributed by atoms with van der Waals surface area (Å²) >= 11 is 0. The summed E-state index contributed by atoms with van der Waals surface area (Å²) in [6.45, 7) is -4.10. The fourth-order valence-corrected chi connectivity index (χ4v) is 5.97. The molecule has 0 rings (SSSR count). The van der Waals surface area contributed by atoms with Crippen molar-refractivity contribution in [2.75, 3.05) is 6.61 Å². The Kier molecular flexibility index (Phi) is 13.7. The number of alkyl halides is 32. The maximum Gasteiger partial charge on any atom is 0.460 e. The van der Waals surface area contributed by atoms with E-state index in [-0.39, 0.29) is 0 Å². The van der Waals surface area contributed by atoms with Gasteiger partial charge in [-0.05, 0) is 0 Å². The number of hydrogen-bond acceptors (Lipinski definition) is 6. The van der Waals surface area contributed by atoms with E-state index in [4.69, 9.17) is 14.2 Å². The fraction of sp³-hybridized carbons (Fsp3) is 1.00. The van der Waals surface area contributed by atoms with Crippen LogP contribution in [-0.2, 0) is 20.2 Å². The van der Waals surface area contributed by atoms with Crippen molar-refractivity contribution in [3.05, 3.63) is 0 Å². The number of aliphatic hydroxyl groups excluding tert-OH is 1. The van der Waals surface area contributed by atoms with Crippen molar-refractivity contribution in [3.63, 3.8) is 0 Å². The molecule has 0 aromatic rings. The lowest BCUT2D eigenvalue weighted by Gasteiger charge is -2.56. The molecule has 0 aliphatic carbocycles. The van der Waals surface area contributed by atoms with Crippen molar-refractivity contribution >= 4 is 20.2 Å². The molecule has 0 aromatic carbocycles. The van der Waals surface area contributed by atoms with Crippen LogP contribution in [0.3, 0.4) is 0 Å². The Bertz CT molecular complexity index is 1870. The largest absolute Gasteiger partial charge is 0.460 e. The standard InChI is InChI=1S/C19H8F32O8S2/c20-4(6(23,24)19(50,51)61(57,58)59,5(21,22)7(25,26)11(33,34)14(39,40)17(44,45)46)3(53,1-2-52)16(43,60(54,55)56)13(37,38)10(31,32)8(27,28)9(29,30)12(35,36)15(41,42)18(47,48)49/h52-53H,1-2H2,(H,54,55,56)(H,57,58,59). The average Bonchev–Trinajstić information content (AvgIpc) is 3.00. The molecule has 0 aliphatic rings. The second kappa shape index (κ2) is 14.2. The van der Waals surface area contributed by atoms with Gasteiger partial charge in [-0.2, -0.15) is 149 Å². The van der Waals surface area contributed by atoms with Gasteiger partial charge in [0.1, 0.15) is 0 Å². The van der Waals surface area contributed by atoms with Gasteiger partial charge in [-0.1, -0.05) is 0 Å². The number of rotatable bonds is 18. The van der Waals surface area contributed by atoms with Crippen LogP contribution in [0.25, 0.3) is 0 Å². The number of hydrogen-bond donors (Lipinski definition) is 4. The Labute approximate surface area is 309 Å². The van der Waals surface area contributed by atoms with Crippen LogP contribution in [0.1, 0.15) is 6.42 Å². The van der Waals surface area contributed by atoms with Crippen LogP contribution in [0, 0.1) is 0 Å². The highest BCUT2D eigenvalue weighted by atomic mass is 32.2. The van der Waals surface area contributed by atoms with Crippen molar-refractivity contribution in [1.82, 2.24) is 0 Å². The zero-order chi connectivity index (χ0) is 50.9. The van der Waals surface area contributed by atoms with E-state index >= 15 is 35.1 Å². The minimum absolute atomic E-state index is 4.10. The molecule has 8 nitrogen and oxygen atoms in total. The van der Waals surface area contributed by atoms with Crippen LogP contribution < -0.4 is 0 Å². The van der Waals surface area contributed by atoms with E-state index in [1.54, 1.807) is 0 Å². The van der Waals surface area contributed by atoms with Crippen molar-refractivity contribution in [1.29, 1.82) is 0 Å². The molecule has 0 heterocycles. The first-order chi connectivity index (χ1) is 25.6. The monoisotopic (exact) mass is 1040 g/mol. The first kappa shape index (κ1) is 58.5. The Morgan fingerprint density at radius 3 is 0.770 bits per heavy atom. The topological polar surface area (TPSA) is 149 Å². The molecular weight excluding hydrogens is 1030 g/mol. The second-order valence-corrected chi connectivity index (χ2v) is 14.3. The van der Waals surface area contributed by atoms with Crippen molar-refractivity contribution in [2.24, 2.45) is 0 Å². The molecule has 0 radical (unpaired) electrons. The Hall–Kier alpha value is -2.50. The third kappa shape index (κ3) is 6.63. The maximum absolute atomic E-state index is 16.3. The van der Waals surface area contributed by atoms with Gasteiger partial charge in [0, 0.05) is 13.0 Å². The Morgan fingerprint density at radius 1 is 0.328 bits per heavy atom. The minimum atomic E-state index is -10.8. The van der Waals surface area contributed by atoms with Gasteiger partial charge in [0.2, 0.25) is 0 Å². The first-order valence-electron chi connectivity index (χ1n) is 12.9. The van der Waals surface area contributed by atoms with Gasteiger partial charge in [-0.3, -0.25) is 9.11 Å². The molecular formula is C19H8F32O8S2. The van der Waals surface area contributed by atoms with Gasteiger partial charge in [-0.25, -0.2) is 8.78 Å². The SMILES string of the molecule is O=S(=O)(O)C(F)(F)C(F)(F)C(F)(C(F)(F)C(F)(F)C(F)(F)C(F)(F)C(F)(F)F)C(O)(CCO)C(F)(C(F)(F)C(F)(F)C(F)(F)C(F)(F)C(F)(F)C(F)(F)C(F)(F)F)S(=O)(=O)O. The van der Waals surface area contributed by atoms with Gasteiger partial charge < -0.3 is 10.2 Å². The highest BCUT2D eigenvalue weighted by molar-refractivity contribution is 7.87. The van der Waals surface area contributed by atoms with Crippen LogP contribution in [0.5, 0.6) is 0 Å². The molecule has 0 aromatic heterocycles. The number of halogens is 32. The second-order valence-electron chi connectivity index (χ2n) is 11.4. The van der Waals surface area contributed by atoms with E-state index in [2.05, 4.69) is 0 Å². The normalized spacial score (nSPS) is 19.6. The van der Waals surface area contributed by atoms with E-state index in [0.717, 1.165) is 0 Å². The highest BCUT2D eigenvalue weighted by Gasteiger charge is 3.04. The van der Waals surface area contributed by atoms with E-state index in [0.29, 0.717) is 0 Å². The van der Waals surface area contributed by atoms with Crippen LogP contribution in [-0.4, -0.2) is 142 Å². The molecule has 0 aliphatic heterocycles. The summed E-state index contributed by atoms with van der Waals surface area (Å²) in [6.07, 6.45) is -22.6. The maximum atomic E-state index is 16.3. The fourth-order valence-electron chi connectivity index (χ4n) is 4.39. The van der Waals surface area contributed by atoms with Crippen LogP contribution >= 0.6 is 0 Å². The molecule has 61 heavy (non-hydrogen) atoms. The summed E-state index contributed by atoms with van der Waals surface area (Å²) in [7, 11) is -19.5. The van der Waals surface area contributed by atoms with E-state index in [9.17, 15) is 127 Å². The van der Waals surface area contributed by atoms with Gasteiger partial charge in [-0.15, -0.1) is 0 Å². The number of aliphatic hydroxyl groups is 2. The molecule has 368 valence electrons. The molecule has 3 atom stereocenters. The molecule has 0 saturated carbocycles. The Morgan fingerprint density at radius 2 is 0.557 bits per heavy atom. The lowest BCUT2D eigenvalue weighted by atomic mass is 9.65. The van der Waals surface area contributed by atoms with Crippen molar-refractivity contribution in [3.8, 4) is 0 Å². The zero-order valence-corrected chi connectivity index (χ0v) is 27.9. The summed E-state index contributed by atoms with van der Waals surface area (Å²) < 4.78 is 512.